The predicted octanol–water partition coefficient (Wildman–Crippen LogP) is 2.09. The molecular weight excluding hydrogens is 256 g/mol. The summed E-state index contributed by atoms with van der Waals surface area (Å²) < 4.78 is 0.866. The molecule has 1 heterocycles. The van der Waals surface area contributed by atoms with E-state index in [0.717, 1.165) is 36.2 Å². The molecule has 1 rings (SSSR count). The van der Waals surface area contributed by atoms with Crippen LogP contribution in [0.3, 0.4) is 0 Å². The van der Waals surface area contributed by atoms with Gasteiger partial charge in [-0.25, -0.2) is 4.98 Å². The third kappa shape index (κ3) is 5.87. The summed E-state index contributed by atoms with van der Waals surface area (Å²) in [5, 5.41) is 12.3. The van der Waals surface area contributed by atoms with Gasteiger partial charge in [-0.05, 0) is 54.4 Å². The van der Waals surface area contributed by atoms with Crippen LogP contribution in [0, 0.1) is 0 Å². The summed E-state index contributed by atoms with van der Waals surface area (Å²) in [6, 6.07) is 5.88. The fourth-order valence-corrected chi connectivity index (χ4v) is 1.67. The van der Waals surface area contributed by atoms with Crippen LogP contribution in [0.2, 0.25) is 0 Å². The number of aromatic nitrogens is 1. The van der Waals surface area contributed by atoms with E-state index in [0.29, 0.717) is 0 Å². The number of pyridine rings is 1. The first-order valence-electron chi connectivity index (χ1n) is 5.18. The molecule has 84 valence electrons. The van der Waals surface area contributed by atoms with Crippen molar-refractivity contribution in [1.82, 2.24) is 10.3 Å². The van der Waals surface area contributed by atoms with Crippen molar-refractivity contribution in [3.8, 4) is 0 Å². The van der Waals surface area contributed by atoms with Crippen molar-refractivity contribution >= 4 is 15.9 Å². The van der Waals surface area contributed by atoms with Gasteiger partial charge >= 0.3 is 0 Å². The molecule has 1 aromatic heterocycles. The third-order valence-electron chi connectivity index (χ3n) is 2.05. The fourth-order valence-electron chi connectivity index (χ4n) is 1.29. The SMILES string of the molecule is CC(O)CCCNCc1cccc(Br)n1. The van der Waals surface area contributed by atoms with Crippen LogP contribution in [0.15, 0.2) is 22.8 Å². The molecule has 0 aromatic carbocycles. The molecule has 0 aliphatic carbocycles. The minimum Gasteiger partial charge on any atom is -0.393 e. The topological polar surface area (TPSA) is 45.1 Å². The molecule has 0 bridgehead atoms. The molecular formula is C11H17BrN2O. The van der Waals surface area contributed by atoms with Gasteiger partial charge in [-0.15, -0.1) is 0 Å². The van der Waals surface area contributed by atoms with Gasteiger partial charge in [-0.3, -0.25) is 0 Å². The predicted molar refractivity (Wildman–Crippen MR) is 64.6 cm³/mol. The summed E-state index contributed by atoms with van der Waals surface area (Å²) in [5.74, 6) is 0. The molecule has 0 spiro atoms. The minimum absolute atomic E-state index is 0.198. The largest absolute Gasteiger partial charge is 0.393 e. The Bertz CT molecular complexity index is 292. The number of hydrogen-bond acceptors (Lipinski definition) is 3. The number of halogens is 1. The molecule has 3 nitrogen and oxygen atoms in total. The Morgan fingerprint density at radius 2 is 2.33 bits per heavy atom. The van der Waals surface area contributed by atoms with E-state index >= 15 is 0 Å². The average Bonchev–Trinajstić information content (AvgIpc) is 2.17. The maximum atomic E-state index is 9.06. The Kier molecular flexibility index (Phi) is 5.83. The van der Waals surface area contributed by atoms with E-state index in [1.54, 1.807) is 0 Å². The van der Waals surface area contributed by atoms with Gasteiger partial charge in [-0.1, -0.05) is 6.07 Å². The standard InChI is InChI=1S/C11H17BrN2O/c1-9(15)4-3-7-13-8-10-5-2-6-11(12)14-10/h2,5-6,9,13,15H,3-4,7-8H2,1H3. The summed E-state index contributed by atoms with van der Waals surface area (Å²) in [6.45, 7) is 3.51. The summed E-state index contributed by atoms with van der Waals surface area (Å²) in [5.41, 5.74) is 1.03. The van der Waals surface area contributed by atoms with Crippen molar-refractivity contribution in [2.24, 2.45) is 0 Å². The monoisotopic (exact) mass is 272 g/mol. The zero-order chi connectivity index (χ0) is 11.1. The van der Waals surface area contributed by atoms with Gasteiger partial charge in [0, 0.05) is 6.54 Å². The highest BCUT2D eigenvalue weighted by atomic mass is 79.9. The van der Waals surface area contributed by atoms with E-state index in [1.165, 1.54) is 0 Å². The summed E-state index contributed by atoms with van der Waals surface area (Å²) in [7, 11) is 0. The van der Waals surface area contributed by atoms with Crippen molar-refractivity contribution in [2.75, 3.05) is 6.54 Å². The zero-order valence-electron chi connectivity index (χ0n) is 8.91. The first-order valence-corrected chi connectivity index (χ1v) is 5.98. The Morgan fingerprint density at radius 3 is 3.00 bits per heavy atom. The smallest absolute Gasteiger partial charge is 0.106 e. The van der Waals surface area contributed by atoms with Crippen LogP contribution in [0.5, 0.6) is 0 Å². The van der Waals surface area contributed by atoms with Gasteiger partial charge < -0.3 is 10.4 Å². The highest BCUT2D eigenvalue weighted by Gasteiger charge is 1.97. The average molecular weight is 273 g/mol. The third-order valence-corrected chi connectivity index (χ3v) is 2.50. The molecule has 0 aliphatic heterocycles. The number of hydrogen-bond donors (Lipinski definition) is 2. The quantitative estimate of drug-likeness (QED) is 0.616. The van der Waals surface area contributed by atoms with E-state index in [1.807, 2.05) is 25.1 Å². The van der Waals surface area contributed by atoms with Gasteiger partial charge in [-0.2, -0.15) is 0 Å². The van der Waals surface area contributed by atoms with Crippen LogP contribution in [-0.4, -0.2) is 22.7 Å². The number of aliphatic hydroxyl groups is 1. The highest BCUT2D eigenvalue weighted by molar-refractivity contribution is 9.10. The minimum atomic E-state index is -0.198. The Morgan fingerprint density at radius 1 is 1.53 bits per heavy atom. The van der Waals surface area contributed by atoms with E-state index in [2.05, 4.69) is 26.2 Å². The molecule has 1 unspecified atom stereocenters. The molecule has 0 saturated carbocycles. The lowest BCUT2D eigenvalue weighted by molar-refractivity contribution is 0.181. The van der Waals surface area contributed by atoms with Crippen molar-refractivity contribution in [1.29, 1.82) is 0 Å². The second-order valence-corrected chi connectivity index (χ2v) is 4.43. The summed E-state index contributed by atoms with van der Waals surface area (Å²) in [4.78, 5) is 4.31. The molecule has 0 radical (unpaired) electrons. The van der Waals surface area contributed by atoms with Crippen LogP contribution in [-0.2, 0) is 6.54 Å². The van der Waals surface area contributed by atoms with Crippen LogP contribution in [0.4, 0.5) is 0 Å². The lowest BCUT2D eigenvalue weighted by Crippen LogP contribution is -2.16. The first-order chi connectivity index (χ1) is 7.18. The van der Waals surface area contributed by atoms with E-state index in [9.17, 15) is 0 Å². The van der Waals surface area contributed by atoms with Crippen LogP contribution >= 0.6 is 15.9 Å². The molecule has 0 amide bonds. The fraction of sp³-hybridized carbons (Fsp3) is 0.545. The molecule has 15 heavy (non-hydrogen) atoms. The Hall–Kier alpha value is -0.450. The molecule has 1 aromatic rings. The summed E-state index contributed by atoms with van der Waals surface area (Å²) >= 11 is 3.33. The van der Waals surface area contributed by atoms with Crippen molar-refractivity contribution < 1.29 is 5.11 Å². The van der Waals surface area contributed by atoms with Crippen LogP contribution in [0.25, 0.3) is 0 Å². The lowest BCUT2D eigenvalue weighted by atomic mass is 10.2. The molecule has 4 heteroatoms. The van der Waals surface area contributed by atoms with Crippen LogP contribution in [0.1, 0.15) is 25.5 Å². The molecule has 0 aliphatic rings. The summed E-state index contributed by atoms with van der Waals surface area (Å²) in [6.07, 6.45) is 1.64. The number of rotatable bonds is 6. The van der Waals surface area contributed by atoms with E-state index in [4.69, 9.17) is 5.11 Å². The van der Waals surface area contributed by atoms with Gasteiger partial charge in [0.1, 0.15) is 4.60 Å². The number of nitrogens with one attached hydrogen (secondary N) is 1. The molecule has 1 atom stereocenters. The maximum absolute atomic E-state index is 9.06. The molecule has 2 N–H and O–H groups in total. The van der Waals surface area contributed by atoms with Crippen molar-refractivity contribution in [3.63, 3.8) is 0 Å². The normalized spacial score (nSPS) is 12.7. The lowest BCUT2D eigenvalue weighted by Gasteiger charge is -2.06. The van der Waals surface area contributed by atoms with Crippen LogP contribution < -0.4 is 5.32 Å². The zero-order valence-corrected chi connectivity index (χ0v) is 10.5. The molecule has 0 saturated heterocycles. The van der Waals surface area contributed by atoms with Crippen molar-refractivity contribution in [2.45, 2.75) is 32.4 Å². The Labute approximate surface area is 99.1 Å². The van der Waals surface area contributed by atoms with Gasteiger partial charge in [0.15, 0.2) is 0 Å². The van der Waals surface area contributed by atoms with E-state index < -0.39 is 0 Å². The second-order valence-electron chi connectivity index (χ2n) is 3.62. The first kappa shape index (κ1) is 12.6. The van der Waals surface area contributed by atoms with Gasteiger partial charge in [0.05, 0.1) is 11.8 Å². The maximum Gasteiger partial charge on any atom is 0.106 e. The second kappa shape index (κ2) is 6.93. The molecule has 0 fully saturated rings. The number of aliphatic hydroxyl groups excluding tert-OH is 1. The van der Waals surface area contributed by atoms with E-state index in [-0.39, 0.29) is 6.10 Å². The number of nitrogens with zero attached hydrogens (tertiary/aromatic N) is 1. The van der Waals surface area contributed by atoms with Crippen molar-refractivity contribution in [3.05, 3.63) is 28.5 Å². The van der Waals surface area contributed by atoms with Gasteiger partial charge in [0.2, 0.25) is 0 Å². The Balaban J connectivity index is 2.15. The van der Waals surface area contributed by atoms with Gasteiger partial charge in [0.25, 0.3) is 0 Å². The highest BCUT2D eigenvalue weighted by Crippen LogP contribution is 2.05.